The largest absolute Gasteiger partial charge is 0.434 e. The number of anilines is 1. The fourth-order valence-corrected chi connectivity index (χ4v) is 2.26. The Balaban J connectivity index is 1.97. The molecule has 0 aliphatic carbocycles. The molecule has 0 bridgehead atoms. The third kappa shape index (κ3) is 5.23. The number of hydrogen-bond donors (Lipinski definition) is 2. The Morgan fingerprint density at radius 1 is 1.24 bits per heavy atom. The molecule has 0 saturated carbocycles. The highest BCUT2D eigenvalue weighted by molar-refractivity contribution is 5.99. The maximum Gasteiger partial charge on any atom is 0.387 e. The van der Waals surface area contributed by atoms with Crippen LogP contribution in [0.1, 0.15) is 21.5 Å². The molecule has 1 aromatic carbocycles. The Morgan fingerprint density at radius 2 is 1.92 bits per heavy atom. The highest BCUT2D eigenvalue weighted by Gasteiger charge is 2.15. The first-order chi connectivity index (χ1) is 11.9. The number of halogens is 2. The summed E-state index contributed by atoms with van der Waals surface area (Å²) in [4.78, 5) is 27.8. The van der Waals surface area contributed by atoms with Crippen LogP contribution in [0.4, 0.5) is 14.5 Å². The van der Waals surface area contributed by atoms with Gasteiger partial charge in [-0.1, -0.05) is 0 Å². The van der Waals surface area contributed by atoms with Gasteiger partial charge in [0.2, 0.25) is 5.91 Å². The molecule has 2 aromatic rings. The zero-order chi connectivity index (χ0) is 18.4. The first kappa shape index (κ1) is 18.3. The Bertz CT molecular complexity index is 744. The Labute approximate surface area is 143 Å². The molecule has 0 unspecified atom stereocenters. The fourth-order valence-electron chi connectivity index (χ4n) is 2.26. The SMILES string of the molecule is Cc1cc(C(=O)NCC(=O)Nc2cccnc2)cc(C)c1OC(F)F. The van der Waals surface area contributed by atoms with Gasteiger partial charge in [0.05, 0.1) is 18.4 Å². The summed E-state index contributed by atoms with van der Waals surface area (Å²) in [5.74, 6) is -0.857. The summed E-state index contributed by atoms with van der Waals surface area (Å²) >= 11 is 0. The molecule has 6 nitrogen and oxygen atoms in total. The Hall–Kier alpha value is -3.03. The molecule has 2 rings (SSSR count). The molecule has 0 atom stereocenters. The Kier molecular flexibility index (Phi) is 5.99. The quantitative estimate of drug-likeness (QED) is 0.840. The molecule has 1 aromatic heterocycles. The van der Waals surface area contributed by atoms with Gasteiger partial charge >= 0.3 is 6.61 Å². The first-order valence-corrected chi connectivity index (χ1v) is 7.41. The number of aromatic nitrogens is 1. The molecule has 0 aliphatic heterocycles. The third-order valence-electron chi connectivity index (χ3n) is 3.28. The molecule has 8 heteroatoms. The lowest BCUT2D eigenvalue weighted by molar-refractivity contribution is -0.115. The van der Waals surface area contributed by atoms with E-state index in [1.54, 1.807) is 32.2 Å². The van der Waals surface area contributed by atoms with E-state index in [0.29, 0.717) is 16.8 Å². The van der Waals surface area contributed by atoms with Crippen molar-refractivity contribution in [2.24, 2.45) is 0 Å². The molecule has 2 amide bonds. The second-order valence-corrected chi connectivity index (χ2v) is 5.29. The number of benzene rings is 1. The number of carbonyl (C=O) groups is 2. The molecule has 25 heavy (non-hydrogen) atoms. The van der Waals surface area contributed by atoms with E-state index in [2.05, 4.69) is 20.4 Å². The van der Waals surface area contributed by atoms with Gasteiger partial charge in [-0.2, -0.15) is 8.78 Å². The van der Waals surface area contributed by atoms with Crippen molar-refractivity contribution in [2.75, 3.05) is 11.9 Å². The summed E-state index contributed by atoms with van der Waals surface area (Å²) < 4.78 is 29.2. The van der Waals surface area contributed by atoms with E-state index < -0.39 is 18.4 Å². The van der Waals surface area contributed by atoms with Crippen molar-refractivity contribution >= 4 is 17.5 Å². The van der Waals surface area contributed by atoms with Crippen molar-refractivity contribution in [3.05, 3.63) is 53.3 Å². The van der Waals surface area contributed by atoms with Crippen molar-refractivity contribution in [3.63, 3.8) is 0 Å². The van der Waals surface area contributed by atoms with Crippen molar-refractivity contribution in [1.29, 1.82) is 0 Å². The van der Waals surface area contributed by atoms with Gasteiger partial charge in [-0.15, -0.1) is 0 Å². The van der Waals surface area contributed by atoms with Crippen LogP contribution in [0.25, 0.3) is 0 Å². The monoisotopic (exact) mass is 349 g/mol. The van der Waals surface area contributed by atoms with Crippen molar-refractivity contribution in [2.45, 2.75) is 20.5 Å². The predicted molar refractivity (Wildman–Crippen MR) is 87.7 cm³/mol. The molecule has 0 aliphatic rings. The standard InChI is InChI=1S/C17H17F2N3O3/c1-10-6-12(7-11(2)15(10)25-17(18)19)16(24)21-9-14(23)22-13-4-3-5-20-8-13/h3-8,17H,9H2,1-2H3,(H,21,24)(H,22,23). The molecule has 0 saturated heterocycles. The predicted octanol–water partition coefficient (Wildman–Crippen LogP) is 2.67. The van der Waals surface area contributed by atoms with Crippen LogP contribution >= 0.6 is 0 Å². The van der Waals surface area contributed by atoms with Crippen LogP contribution in [-0.2, 0) is 4.79 Å². The molecular formula is C17H17F2N3O3. The number of hydrogen-bond acceptors (Lipinski definition) is 4. The molecule has 2 N–H and O–H groups in total. The second-order valence-electron chi connectivity index (χ2n) is 5.29. The van der Waals surface area contributed by atoms with Crippen LogP contribution in [0, 0.1) is 13.8 Å². The van der Waals surface area contributed by atoms with Crippen molar-refractivity contribution in [3.8, 4) is 5.75 Å². The number of alkyl halides is 2. The third-order valence-corrected chi connectivity index (χ3v) is 3.28. The topological polar surface area (TPSA) is 80.3 Å². The average Bonchev–Trinajstić information content (AvgIpc) is 2.56. The number of amides is 2. The van der Waals surface area contributed by atoms with Crippen LogP contribution < -0.4 is 15.4 Å². The van der Waals surface area contributed by atoms with E-state index in [-0.39, 0.29) is 17.9 Å². The molecule has 0 fully saturated rings. The highest BCUT2D eigenvalue weighted by Crippen LogP contribution is 2.26. The summed E-state index contributed by atoms with van der Waals surface area (Å²) in [6, 6.07) is 6.20. The number of nitrogens with zero attached hydrogens (tertiary/aromatic N) is 1. The smallest absolute Gasteiger partial charge is 0.387 e. The average molecular weight is 349 g/mol. The van der Waals surface area contributed by atoms with Gasteiger partial charge in [-0.25, -0.2) is 0 Å². The van der Waals surface area contributed by atoms with Crippen LogP contribution in [0.2, 0.25) is 0 Å². The van der Waals surface area contributed by atoms with Crippen LogP contribution in [0.15, 0.2) is 36.7 Å². The number of aryl methyl sites for hydroxylation is 2. The van der Waals surface area contributed by atoms with Gasteiger partial charge in [-0.3, -0.25) is 14.6 Å². The van der Waals surface area contributed by atoms with Gasteiger partial charge < -0.3 is 15.4 Å². The number of nitrogens with one attached hydrogen (secondary N) is 2. The van der Waals surface area contributed by atoms with E-state index >= 15 is 0 Å². The minimum Gasteiger partial charge on any atom is -0.434 e. The molecule has 1 heterocycles. The zero-order valence-corrected chi connectivity index (χ0v) is 13.7. The van der Waals surface area contributed by atoms with Crippen LogP contribution in [0.3, 0.4) is 0 Å². The fraction of sp³-hybridized carbons (Fsp3) is 0.235. The van der Waals surface area contributed by atoms with E-state index in [1.165, 1.54) is 18.3 Å². The molecule has 0 radical (unpaired) electrons. The van der Waals surface area contributed by atoms with Gasteiger partial charge in [-0.05, 0) is 49.2 Å². The summed E-state index contributed by atoms with van der Waals surface area (Å²) in [5, 5.41) is 5.06. The van der Waals surface area contributed by atoms with Gasteiger partial charge in [0.1, 0.15) is 5.75 Å². The lowest BCUT2D eigenvalue weighted by atomic mass is 10.1. The van der Waals surface area contributed by atoms with Gasteiger partial charge in [0.25, 0.3) is 5.91 Å². The maximum atomic E-state index is 12.4. The van der Waals surface area contributed by atoms with Crippen LogP contribution in [-0.4, -0.2) is 30.0 Å². The molecular weight excluding hydrogens is 332 g/mol. The summed E-state index contributed by atoms with van der Waals surface area (Å²) in [6.45, 7) is -0.0397. The van der Waals surface area contributed by atoms with E-state index in [0.717, 1.165) is 0 Å². The normalized spacial score (nSPS) is 10.4. The number of pyridine rings is 1. The summed E-state index contributed by atoms with van der Waals surface area (Å²) in [7, 11) is 0. The highest BCUT2D eigenvalue weighted by atomic mass is 19.3. The van der Waals surface area contributed by atoms with E-state index in [1.807, 2.05) is 0 Å². The lowest BCUT2D eigenvalue weighted by Crippen LogP contribution is -2.33. The minimum atomic E-state index is -2.94. The van der Waals surface area contributed by atoms with Gasteiger partial charge in [0, 0.05) is 11.8 Å². The van der Waals surface area contributed by atoms with E-state index in [4.69, 9.17) is 0 Å². The number of ether oxygens (including phenoxy) is 1. The van der Waals surface area contributed by atoms with Crippen LogP contribution in [0.5, 0.6) is 5.75 Å². The summed E-state index contributed by atoms with van der Waals surface area (Å²) in [5.41, 5.74) is 1.59. The number of rotatable bonds is 6. The number of carbonyl (C=O) groups excluding carboxylic acids is 2. The molecule has 132 valence electrons. The second kappa shape index (κ2) is 8.18. The summed E-state index contributed by atoms with van der Waals surface area (Å²) in [6.07, 6.45) is 3.05. The van der Waals surface area contributed by atoms with Crippen molar-refractivity contribution in [1.82, 2.24) is 10.3 Å². The zero-order valence-electron chi connectivity index (χ0n) is 13.7. The maximum absolute atomic E-state index is 12.4. The molecule has 0 spiro atoms. The van der Waals surface area contributed by atoms with Gasteiger partial charge in [0.15, 0.2) is 0 Å². The Morgan fingerprint density at radius 3 is 2.48 bits per heavy atom. The lowest BCUT2D eigenvalue weighted by Gasteiger charge is -2.13. The first-order valence-electron chi connectivity index (χ1n) is 7.41. The van der Waals surface area contributed by atoms with Crippen molar-refractivity contribution < 1.29 is 23.1 Å². The minimum absolute atomic E-state index is 0.0425. The van der Waals surface area contributed by atoms with E-state index in [9.17, 15) is 18.4 Å².